The van der Waals surface area contributed by atoms with Gasteiger partial charge in [-0.1, -0.05) is 34.1 Å². The summed E-state index contributed by atoms with van der Waals surface area (Å²) in [5.74, 6) is -1.22. The zero-order valence-electron chi connectivity index (χ0n) is 16.0. The van der Waals surface area contributed by atoms with Crippen molar-refractivity contribution < 1.29 is 19.1 Å². The van der Waals surface area contributed by atoms with Crippen molar-refractivity contribution in [2.45, 2.75) is 12.5 Å². The van der Waals surface area contributed by atoms with Crippen LogP contribution in [0.3, 0.4) is 0 Å². The Morgan fingerprint density at radius 3 is 2.55 bits per heavy atom. The first-order valence-corrected chi connectivity index (χ1v) is 10.1. The van der Waals surface area contributed by atoms with E-state index in [2.05, 4.69) is 31.3 Å². The molecule has 4 rings (SSSR count). The monoisotopic (exact) mass is 482 g/mol. The van der Waals surface area contributed by atoms with Crippen LogP contribution in [-0.2, 0) is 0 Å². The Labute approximate surface area is 185 Å². The Kier molecular flexibility index (Phi) is 5.77. The highest BCUT2D eigenvalue weighted by molar-refractivity contribution is 9.10. The number of amides is 2. The lowest BCUT2D eigenvalue weighted by atomic mass is 10.0. The van der Waals surface area contributed by atoms with Gasteiger partial charge >= 0.3 is 6.09 Å². The van der Waals surface area contributed by atoms with Crippen LogP contribution in [0, 0.1) is 5.82 Å². The molecule has 3 aromatic rings. The lowest BCUT2D eigenvalue weighted by molar-refractivity contribution is 0.0703. The quantitative estimate of drug-likeness (QED) is 0.542. The number of carbonyl (C=O) groups is 2. The van der Waals surface area contributed by atoms with E-state index >= 15 is 0 Å². The van der Waals surface area contributed by atoms with E-state index in [0.29, 0.717) is 28.0 Å². The van der Waals surface area contributed by atoms with Gasteiger partial charge in [0.25, 0.3) is 5.91 Å². The average Bonchev–Trinajstić information content (AvgIpc) is 3.19. The van der Waals surface area contributed by atoms with E-state index in [1.807, 2.05) is 6.07 Å². The minimum atomic E-state index is -1.16. The second-order valence-electron chi connectivity index (χ2n) is 6.80. The van der Waals surface area contributed by atoms with E-state index in [9.17, 15) is 14.0 Å². The predicted molar refractivity (Wildman–Crippen MR) is 116 cm³/mol. The van der Waals surface area contributed by atoms with Crippen molar-refractivity contribution >= 4 is 39.3 Å². The first kappa shape index (κ1) is 20.7. The molecule has 0 fully saturated rings. The van der Waals surface area contributed by atoms with Crippen molar-refractivity contribution in [1.82, 2.24) is 9.99 Å². The maximum Gasteiger partial charge on any atom is 0.409 e. The van der Waals surface area contributed by atoms with E-state index in [1.54, 1.807) is 48.7 Å². The number of halogens is 2. The molecule has 7 nitrogen and oxygen atoms in total. The number of aromatic nitrogens is 1. The largest absolute Gasteiger partial charge is 0.465 e. The molecule has 9 heteroatoms. The standard InChI is InChI=1S/C22H16BrFN4O3/c23-14-6-9-16(17(24)11-14)21(29)28-20(18-3-1-2-10-25-18)12-19(27-28)13-4-7-15(8-5-13)26-22(30)31/h1-11,20,26H,12H2,(H,30,31). The molecule has 0 bridgehead atoms. The van der Waals surface area contributed by atoms with Gasteiger partial charge < -0.3 is 5.11 Å². The van der Waals surface area contributed by atoms with Crippen LogP contribution < -0.4 is 5.32 Å². The molecule has 2 N–H and O–H groups in total. The number of carboxylic acid groups (broad SMARTS) is 1. The number of nitrogens with zero attached hydrogens (tertiary/aromatic N) is 3. The first-order chi connectivity index (χ1) is 14.9. The molecule has 0 radical (unpaired) electrons. The van der Waals surface area contributed by atoms with Gasteiger partial charge in [0.05, 0.1) is 17.0 Å². The highest BCUT2D eigenvalue weighted by Crippen LogP contribution is 2.33. The third kappa shape index (κ3) is 4.46. The first-order valence-electron chi connectivity index (χ1n) is 9.30. The smallest absolute Gasteiger partial charge is 0.409 e. The van der Waals surface area contributed by atoms with Crippen molar-refractivity contribution in [3.05, 3.63) is 94.0 Å². The number of nitrogens with one attached hydrogen (secondary N) is 1. The Morgan fingerprint density at radius 2 is 1.90 bits per heavy atom. The van der Waals surface area contributed by atoms with Gasteiger partial charge in [-0.25, -0.2) is 14.2 Å². The minimum absolute atomic E-state index is 0.0878. The molecule has 31 heavy (non-hydrogen) atoms. The highest BCUT2D eigenvalue weighted by atomic mass is 79.9. The van der Waals surface area contributed by atoms with Crippen LogP contribution in [0.1, 0.15) is 34.1 Å². The van der Waals surface area contributed by atoms with Crippen LogP contribution in [0.25, 0.3) is 0 Å². The van der Waals surface area contributed by atoms with Crippen molar-refractivity contribution in [2.75, 3.05) is 5.32 Å². The Hall–Kier alpha value is -3.59. The fourth-order valence-electron chi connectivity index (χ4n) is 3.33. The van der Waals surface area contributed by atoms with E-state index in [1.165, 1.54) is 17.1 Å². The van der Waals surface area contributed by atoms with Gasteiger partial charge in [0.15, 0.2) is 0 Å². The molecule has 1 aliphatic rings. The lowest BCUT2D eigenvalue weighted by Gasteiger charge is -2.21. The summed E-state index contributed by atoms with van der Waals surface area (Å²) in [5, 5.41) is 16.9. The number of hydrogen-bond donors (Lipinski definition) is 2. The third-order valence-corrected chi connectivity index (χ3v) is 5.27. The van der Waals surface area contributed by atoms with Gasteiger partial charge in [-0.3, -0.25) is 15.1 Å². The number of hydrogen-bond acceptors (Lipinski definition) is 4. The molecule has 2 aromatic carbocycles. The number of anilines is 1. The Morgan fingerprint density at radius 1 is 1.13 bits per heavy atom. The maximum atomic E-state index is 14.5. The number of carbonyl (C=O) groups excluding carboxylic acids is 1. The van der Waals surface area contributed by atoms with Crippen LogP contribution in [0.5, 0.6) is 0 Å². The molecular formula is C22H16BrFN4O3. The number of pyridine rings is 1. The SMILES string of the molecule is O=C(O)Nc1ccc(C2=NN(C(=O)c3ccc(Br)cc3F)C(c3ccccn3)C2)cc1. The van der Waals surface area contributed by atoms with E-state index in [-0.39, 0.29) is 5.56 Å². The van der Waals surface area contributed by atoms with Gasteiger partial charge in [0.1, 0.15) is 11.9 Å². The molecule has 1 aromatic heterocycles. The summed E-state index contributed by atoms with van der Waals surface area (Å²) in [5.41, 5.74) is 2.30. The van der Waals surface area contributed by atoms with Crippen LogP contribution in [0.2, 0.25) is 0 Å². The van der Waals surface area contributed by atoms with Crippen molar-refractivity contribution in [3.63, 3.8) is 0 Å². The number of rotatable bonds is 4. The normalized spacial score (nSPS) is 15.5. The van der Waals surface area contributed by atoms with Crippen LogP contribution in [-0.4, -0.2) is 32.8 Å². The predicted octanol–water partition coefficient (Wildman–Crippen LogP) is 5.06. The summed E-state index contributed by atoms with van der Waals surface area (Å²) in [6.45, 7) is 0. The van der Waals surface area contributed by atoms with Crippen LogP contribution >= 0.6 is 15.9 Å². The van der Waals surface area contributed by atoms with Gasteiger partial charge in [0.2, 0.25) is 0 Å². The summed E-state index contributed by atoms with van der Waals surface area (Å²) in [6.07, 6.45) is 0.851. The molecule has 0 saturated heterocycles. The molecule has 0 saturated carbocycles. The van der Waals surface area contributed by atoms with Crippen molar-refractivity contribution in [1.29, 1.82) is 0 Å². The minimum Gasteiger partial charge on any atom is -0.465 e. The molecule has 1 unspecified atom stereocenters. The van der Waals surface area contributed by atoms with E-state index in [0.717, 1.165) is 5.56 Å². The molecule has 2 amide bonds. The molecule has 2 heterocycles. The number of benzene rings is 2. The van der Waals surface area contributed by atoms with Crippen molar-refractivity contribution in [2.24, 2.45) is 5.10 Å². The van der Waals surface area contributed by atoms with E-state index < -0.39 is 23.9 Å². The molecule has 1 atom stereocenters. The summed E-state index contributed by atoms with van der Waals surface area (Å²) in [7, 11) is 0. The second-order valence-corrected chi connectivity index (χ2v) is 7.72. The summed E-state index contributed by atoms with van der Waals surface area (Å²) >= 11 is 3.19. The van der Waals surface area contributed by atoms with Gasteiger partial charge in [0, 0.05) is 22.8 Å². The molecule has 1 aliphatic heterocycles. The zero-order chi connectivity index (χ0) is 22.0. The topological polar surface area (TPSA) is 94.9 Å². The van der Waals surface area contributed by atoms with Crippen LogP contribution in [0.4, 0.5) is 14.9 Å². The third-order valence-electron chi connectivity index (χ3n) is 4.78. The maximum absolute atomic E-state index is 14.5. The second kappa shape index (κ2) is 8.65. The zero-order valence-corrected chi connectivity index (χ0v) is 17.6. The summed E-state index contributed by atoms with van der Waals surface area (Å²) in [4.78, 5) is 28.3. The number of hydrazone groups is 1. The lowest BCUT2D eigenvalue weighted by Crippen LogP contribution is -2.28. The highest BCUT2D eigenvalue weighted by Gasteiger charge is 2.35. The molecule has 156 valence electrons. The summed E-state index contributed by atoms with van der Waals surface area (Å²) < 4.78 is 15.0. The van der Waals surface area contributed by atoms with Gasteiger partial charge in [-0.2, -0.15) is 5.10 Å². The Bertz CT molecular complexity index is 1170. The molecular weight excluding hydrogens is 467 g/mol. The fourth-order valence-corrected chi connectivity index (χ4v) is 3.66. The summed E-state index contributed by atoms with van der Waals surface area (Å²) in [6, 6.07) is 15.8. The van der Waals surface area contributed by atoms with Gasteiger partial charge in [-0.05, 0) is 48.0 Å². The van der Waals surface area contributed by atoms with Crippen LogP contribution in [0.15, 0.2) is 76.4 Å². The molecule has 0 aliphatic carbocycles. The average molecular weight is 483 g/mol. The fraction of sp³-hybridized carbons (Fsp3) is 0.0909. The molecule has 0 spiro atoms. The van der Waals surface area contributed by atoms with Gasteiger partial charge in [-0.15, -0.1) is 0 Å². The Balaban J connectivity index is 1.69. The van der Waals surface area contributed by atoms with E-state index in [4.69, 9.17) is 5.11 Å². The van der Waals surface area contributed by atoms with Crippen molar-refractivity contribution in [3.8, 4) is 0 Å².